The van der Waals surface area contributed by atoms with Crippen molar-refractivity contribution in [3.63, 3.8) is 0 Å². The number of aromatic amines is 1. The van der Waals surface area contributed by atoms with Crippen LogP contribution in [0.1, 0.15) is 10.4 Å². The predicted molar refractivity (Wildman–Crippen MR) is 88.1 cm³/mol. The second kappa shape index (κ2) is 7.25. The molecule has 1 aliphatic rings. The summed E-state index contributed by atoms with van der Waals surface area (Å²) in [7, 11) is -3.27. The van der Waals surface area contributed by atoms with Crippen LogP contribution in [-0.4, -0.2) is 77.9 Å². The Morgan fingerprint density at radius 2 is 2.24 bits per heavy atom. The SMILES string of the molecule is CS(=O)(=O)N1CCO[C@H](CNC(=O)c2ccccc2-c2nn[nH]n2)C1. The van der Waals surface area contributed by atoms with E-state index in [9.17, 15) is 13.2 Å². The van der Waals surface area contributed by atoms with Gasteiger partial charge in [0.05, 0.1) is 24.5 Å². The molecule has 2 aromatic rings. The highest BCUT2D eigenvalue weighted by Gasteiger charge is 2.27. The van der Waals surface area contributed by atoms with E-state index in [1.54, 1.807) is 24.3 Å². The van der Waals surface area contributed by atoms with Gasteiger partial charge in [0.15, 0.2) is 0 Å². The number of tetrazole rings is 1. The number of aromatic nitrogens is 4. The quantitative estimate of drug-likeness (QED) is 0.712. The van der Waals surface area contributed by atoms with Gasteiger partial charge in [0, 0.05) is 25.2 Å². The standard InChI is InChI=1S/C14H18N6O4S/c1-25(22,23)20-6-7-24-10(9-20)8-15-14(21)12-5-3-2-4-11(12)13-16-18-19-17-13/h2-5,10H,6-9H2,1H3,(H,15,21)(H,16,17,18,19)/t10-/m1/s1. The zero-order chi connectivity index (χ0) is 17.9. The number of nitrogens with zero attached hydrogens (tertiary/aromatic N) is 4. The van der Waals surface area contributed by atoms with E-state index in [1.807, 2.05) is 0 Å². The zero-order valence-electron chi connectivity index (χ0n) is 13.5. The summed E-state index contributed by atoms with van der Waals surface area (Å²) in [6.45, 7) is 1.04. The van der Waals surface area contributed by atoms with Gasteiger partial charge in [0.1, 0.15) is 0 Å². The van der Waals surface area contributed by atoms with Crippen molar-refractivity contribution in [2.75, 3.05) is 32.5 Å². The molecule has 0 unspecified atom stereocenters. The molecule has 0 radical (unpaired) electrons. The molecule has 0 saturated carbocycles. The molecule has 1 aromatic heterocycles. The van der Waals surface area contributed by atoms with Gasteiger partial charge in [-0.1, -0.05) is 18.2 Å². The normalized spacial score (nSPS) is 18.8. The first-order valence-corrected chi connectivity index (χ1v) is 9.48. The Hall–Kier alpha value is -2.37. The Morgan fingerprint density at radius 1 is 1.44 bits per heavy atom. The van der Waals surface area contributed by atoms with Crippen molar-refractivity contribution < 1.29 is 17.9 Å². The maximum Gasteiger partial charge on any atom is 0.252 e. The first-order chi connectivity index (χ1) is 11.9. The van der Waals surface area contributed by atoms with Crippen LogP contribution >= 0.6 is 0 Å². The lowest BCUT2D eigenvalue weighted by molar-refractivity contribution is 0.000441. The molecule has 0 aliphatic carbocycles. The number of benzene rings is 1. The van der Waals surface area contributed by atoms with Crippen molar-refractivity contribution in [3.8, 4) is 11.4 Å². The molecule has 1 saturated heterocycles. The fourth-order valence-corrected chi connectivity index (χ4v) is 3.41. The minimum Gasteiger partial charge on any atom is -0.374 e. The summed E-state index contributed by atoms with van der Waals surface area (Å²) in [6.07, 6.45) is 0.763. The van der Waals surface area contributed by atoms with Crippen LogP contribution in [0.15, 0.2) is 24.3 Å². The summed E-state index contributed by atoms with van der Waals surface area (Å²) in [5.74, 6) is 0.00315. The Kier molecular flexibility index (Phi) is 5.06. The summed E-state index contributed by atoms with van der Waals surface area (Å²) in [4.78, 5) is 12.5. The molecule has 2 heterocycles. The van der Waals surface area contributed by atoms with Crippen LogP contribution in [0, 0.1) is 0 Å². The number of rotatable bonds is 5. The molecule has 1 amide bonds. The average molecular weight is 366 g/mol. The number of nitrogens with one attached hydrogen (secondary N) is 2. The number of carbonyl (C=O) groups is 1. The molecule has 0 spiro atoms. The first-order valence-electron chi connectivity index (χ1n) is 7.63. The summed E-state index contributed by atoms with van der Waals surface area (Å²) in [5.41, 5.74) is 0.954. The van der Waals surface area contributed by atoms with Gasteiger partial charge in [0.25, 0.3) is 5.91 Å². The summed E-state index contributed by atoms with van der Waals surface area (Å²) < 4.78 is 30.1. The molecule has 0 bridgehead atoms. The van der Waals surface area contributed by atoms with Gasteiger partial charge in [-0.15, -0.1) is 10.2 Å². The van der Waals surface area contributed by atoms with Crippen molar-refractivity contribution in [2.24, 2.45) is 0 Å². The lowest BCUT2D eigenvalue weighted by Gasteiger charge is -2.31. The van der Waals surface area contributed by atoms with Crippen molar-refractivity contribution in [1.29, 1.82) is 0 Å². The lowest BCUT2D eigenvalue weighted by atomic mass is 10.1. The molecular weight excluding hydrogens is 348 g/mol. The maximum absolute atomic E-state index is 12.5. The Bertz CT molecular complexity index is 839. The van der Waals surface area contributed by atoms with Gasteiger partial charge >= 0.3 is 0 Å². The topological polar surface area (TPSA) is 130 Å². The second-order valence-electron chi connectivity index (χ2n) is 5.60. The largest absolute Gasteiger partial charge is 0.374 e. The molecule has 134 valence electrons. The van der Waals surface area contributed by atoms with Crippen molar-refractivity contribution in [2.45, 2.75) is 6.10 Å². The van der Waals surface area contributed by atoms with Crippen molar-refractivity contribution in [1.82, 2.24) is 30.2 Å². The molecule has 3 rings (SSSR count). The molecule has 2 N–H and O–H groups in total. The highest BCUT2D eigenvalue weighted by Crippen LogP contribution is 2.19. The molecule has 11 heteroatoms. The number of morpholine rings is 1. The van der Waals surface area contributed by atoms with Crippen LogP contribution in [0.25, 0.3) is 11.4 Å². The fourth-order valence-electron chi connectivity index (χ4n) is 2.57. The number of carbonyl (C=O) groups excluding carboxylic acids is 1. The van der Waals surface area contributed by atoms with Crippen molar-refractivity contribution in [3.05, 3.63) is 29.8 Å². The van der Waals surface area contributed by atoms with Crippen LogP contribution in [0.4, 0.5) is 0 Å². The van der Waals surface area contributed by atoms with E-state index in [0.717, 1.165) is 6.26 Å². The van der Waals surface area contributed by atoms with Gasteiger partial charge in [-0.25, -0.2) is 8.42 Å². The number of H-pyrrole nitrogens is 1. The Labute approximate surface area is 144 Å². The van der Waals surface area contributed by atoms with Gasteiger partial charge in [0.2, 0.25) is 15.8 Å². The van der Waals surface area contributed by atoms with E-state index in [4.69, 9.17) is 4.74 Å². The van der Waals surface area contributed by atoms with Crippen LogP contribution in [0.3, 0.4) is 0 Å². The van der Waals surface area contributed by atoms with Crippen LogP contribution in [0.5, 0.6) is 0 Å². The average Bonchev–Trinajstić information content (AvgIpc) is 3.14. The van der Waals surface area contributed by atoms with Gasteiger partial charge < -0.3 is 10.1 Å². The van der Waals surface area contributed by atoms with Crippen LogP contribution in [-0.2, 0) is 14.8 Å². The third-order valence-corrected chi connectivity index (χ3v) is 5.09. The third-order valence-electron chi connectivity index (χ3n) is 3.82. The number of hydrogen-bond acceptors (Lipinski definition) is 7. The predicted octanol–water partition coefficient (Wildman–Crippen LogP) is -0.743. The fraction of sp³-hybridized carbons (Fsp3) is 0.429. The summed E-state index contributed by atoms with van der Waals surface area (Å²) in [6, 6.07) is 6.89. The minimum atomic E-state index is -3.27. The number of amides is 1. The smallest absolute Gasteiger partial charge is 0.252 e. The first kappa shape index (κ1) is 17.5. The Balaban J connectivity index is 1.66. The van der Waals surface area contributed by atoms with Crippen LogP contribution < -0.4 is 5.32 Å². The summed E-state index contributed by atoms with van der Waals surface area (Å²) >= 11 is 0. The van der Waals surface area contributed by atoms with E-state index in [2.05, 4.69) is 25.9 Å². The maximum atomic E-state index is 12.5. The third kappa shape index (κ3) is 4.18. The highest BCUT2D eigenvalue weighted by atomic mass is 32.2. The molecule has 1 atom stereocenters. The lowest BCUT2D eigenvalue weighted by Crippen LogP contribution is -2.49. The van der Waals surface area contributed by atoms with E-state index >= 15 is 0 Å². The van der Waals surface area contributed by atoms with Crippen molar-refractivity contribution >= 4 is 15.9 Å². The number of sulfonamides is 1. The highest BCUT2D eigenvalue weighted by molar-refractivity contribution is 7.88. The molecular formula is C14H18N6O4S. The van der Waals surface area contributed by atoms with Gasteiger partial charge in [-0.2, -0.15) is 9.52 Å². The van der Waals surface area contributed by atoms with E-state index in [-0.39, 0.29) is 19.0 Å². The van der Waals surface area contributed by atoms with Gasteiger partial charge in [-0.3, -0.25) is 4.79 Å². The minimum absolute atomic E-state index is 0.200. The monoisotopic (exact) mass is 366 g/mol. The zero-order valence-corrected chi connectivity index (χ0v) is 14.4. The van der Waals surface area contributed by atoms with E-state index < -0.39 is 16.1 Å². The molecule has 25 heavy (non-hydrogen) atoms. The molecule has 10 nitrogen and oxygen atoms in total. The second-order valence-corrected chi connectivity index (χ2v) is 7.59. The van der Waals surface area contributed by atoms with Crippen LogP contribution in [0.2, 0.25) is 0 Å². The van der Waals surface area contributed by atoms with Gasteiger partial charge in [-0.05, 0) is 11.3 Å². The van der Waals surface area contributed by atoms with E-state index in [1.165, 1.54) is 4.31 Å². The number of hydrogen-bond donors (Lipinski definition) is 2. The number of ether oxygens (including phenoxy) is 1. The molecule has 1 fully saturated rings. The Morgan fingerprint density at radius 3 is 2.96 bits per heavy atom. The van der Waals surface area contributed by atoms with E-state index in [0.29, 0.717) is 30.1 Å². The molecule has 1 aromatic carbocycles. The summed E-state index contributed by atoms with van der Waals surface area (Å²) in [5, 5.41) is 16.4. The molecule has 1 aliphatic heterocycles.